The standard InChI is InChI=1S/C21H19N5O4S/c1-31(27,28)25-16-4-2-3-15(10-16)17-12-23-26-8-7-20(24-21(17)26)22-11-14-5-6-18-19(9-14)30-13-29-18/h2-10,12,25H,11,13H2,1H3,(H,22,24). The zero-order valence-corrected chi connectivity index (χ0v) is 17.4. The van der Waals surface area contributed by atoms with Gasteiger partial charge in [-0.15, -0.1) is 0 Å². The Labute approximate surface area is 178 Å². The highest BCUT2D eigenvalue weighted by Gasteiger charge is 2.14. The van der Waals surface area contributed by atoms with Crippen LogP contribution in [0.1, 0.15) is 5.56 Å². The van der Waals surface area contributed by atoms with Gasteiger partial charge in [-0.25, -0.2) is 17.9 Å². The average Bonchev–Trinajstić information content (AvgIpc) is 3.37. The minimum atomic E-state index is -3.36. The van der Waals surface area contributed by atoms with E-state index in [0.717, 1.165) is 34.4 Å². The number of hydrogen-bond donors (Lipinski definition) is 2. The van der Waals surface area contributed by atoms with E-state index in [0.29, 0.717) is 23.7 Å². The van der Waals surface area contributed by atoms with Crippen molar-refractivity contribution >= 4 is 27.2 Å². The number of sulfonamides is 1. The molecule has 0 saturated carbocycles. The molecule has 0 fully saturated rings. The quantitative estimate of drug-likeness (QED) is 0.477. The Morgan fingerprint density at radius 1 is 1.10 bits per heavy atom. The monoisotopic (exact) mass is 437 g/mol. The van der Waals surface area contributed by atoms with E-state index in [-0.39, 0.29) is 6.79 Å². The second-order valence-corrected chi connectivity index (χ2v) is 8.88. The zero-order chi connectivity index (χ0) is 21.4. The summed E-state index contributed by atoms with van der Waals surface area (Å²) in [5.41, 5.74) is 3.79. The van der Waals surface area contributed by atoms with Gasteiger partial charge in [-0.1, -0.05) is 18.2 Å². The van der Waals surface area contributed by atoms with Gasteiger partial charge in [-0.3, -0.25) is 4.72 Å². The van der Waals surface area contributed by atoms with Crippen LogP contribution in [0.3, 0.4) is 0 Å². The Morgan fingerprint density at radius 2 is 1.97 bits per heavy atom. The van der Waals surface area contributed by atoms with Gasteiger partial charge in [0.15, 0.2) is 17.1 Å². The Balaban J connectivity index is 1.40. The van der Waals surface area contributed by atoms with Crippen molar-refractivity contribution < 1.29 is 17.9 Å². The maximum atomic E-state index is 11.5. The number of fused-ring (bicyclic) bond motifs is 2. The third kappa shape index (κ3) is 4.10. The highest BCUT2D eigenvalue weighted by molar-refractivity contribution is 7.92. The van der Waals surface area contributed by atoms with Crippen molar-refractivity contribution in [1.29, 1.82) is 0 Å². The normalized spacial score (nSPS) is 12.8. The lowest BCUT2D eigenvalue weighted by atomic mass is 10.1. The number of rotatable bonds is 6. The zero-order valence-electron chi connectivity index (χ0n) is 16.6. The van der Waals surface area contributed by atoms with Gasteiger partial charge in [-0.05, 0) is 41.5 Å². The van der Waals surface area contributed by atoms with Crippen molar-refractivity contribution in [1.82, 2.24) is 14.6 Å². The summed E-state index contributed by atoms with van der Waals surface area (Å²) in [6.45, 7) is 0.812. The molecule has 31 heavy (non-hydrogen) atoms. The van der Waals surface area contributed by atoms with Gasteiger partial charge in [0.25, 0.3) is 0 Å². The topological polar surface area (TPSA) is 107 Å². The Kier molecular flexibility index (Phi) is 4.63. The summed E-state index contributed by atoms with van der Waals surface area (Å²) < 4.78 is 38.0. The average molecular weight is 437 g/mol. The van der Waals surface area contributed by atoms with Crippen molar-refractivity contribution in [3.8, 4) is 22.6 Å². The molecule has 2 aromatic carbocycles. The molecule has 9 nitrogen and oxygen atoms in total. The number of ether oxygens (including phenoxy) is 2. The molecule has 10 heteroatoms. The summed E-state index contributed by atoms with van der Waals surface area (Å²) in [5.74, 6) is 2.18. The van der Waals surface area contributed by atoms with Crippen LogP contribution >= 0.6 is 0 Å². The number of nitrogens with zero attached hydrogens (tertiary/aromatic N) is 3. The maximum Gasteiger partial charge on any atom is 0.231 e. The number of aromatic nitrogens is 3. The van der Waals surface area contributed by atoms with Crippen molar-refractivity contribution in [3.63, 3.8) is 0 Å². The van der Waals surface area contributed by atoms with Crippen LogP contribution in [0.2, 0.25) is 0 Å². The van der Waals surface area contributed by atoms with E-state index in [1.54, 1.807) is 28.9 Å². The molecular formula is C21H19N5O4S. The lowest BCUT2D eigenvalue weighted by Crippen LogP contribution is -2.09. The molecule has 5 rings (SSSR count). The van der Waals surface area contributed by atoms with Crippen LogP contribution in [0.25, 0.3) is 16.8 Å². The predicted octanol–water partition coefficient (Wildman–Crippen LogP) is 3.11. The molecule has 0 saturated heterocycles. The summed E-state index contributed by atoms with van der Waals surface area (Å²) in [4.78, 5) is 4.70. The first-order chi connectivity index (χ1) is 14.9. The molecule has 0 atom stereocenters. The molecule has 4 aromatic rings. The molecule has 2 N–H and O–H groups in total. The molecule has 0 aliphatic carbocycles. The summed E-state index contributed by atoms with van der Waals surface area (Å²) in [6.07, 6.45) is 4.66. The van der Waals surface area contributed by atoms with E-state index < -0.39 is 10.0 Å². The van der Waals surface area contributed by atoms with Crippen molar-refractivity contribution in [2.24, 2.45) is 0 Å². The van der Waals surface area contributed by atoms with Gasteiger partial charge in [-0.2, -0.15) is 5.10 Å². The van der Waals surface area contributed by atoms with Crippen molar-refractivity contribution in [2.75, 3.05) is 23.1 Å². The van der Waals surface area contributed by atoms with Crippen LogP contribution in [0.5, 0.6) is 11.5 Å². The van der Waals surface area contributed by atoms with E-state index in [9.17, 15) is 8.42 Å². The second kappa shape index (κ2) is 7.47. The van der Waals surface area contributed by atoms with Crippen LogP contribution in [0.15, 0.2) is 60.9 Å². The van der Waals surface area contributed by atoms with Crippen molar-refractivity contribution in [2.45, 2.75) is 6.54 Å². The first-order valence-electron chi connectivity index (χ1n) is 9.50. The lowest BCUT2D eigenvalue weighted by molar-refractivity contribution is 0.174. The molecule has 0 unspecified atom stereocenters. The highest BCUT2D eigenvalue weighted by atomic mass is 32.2. The molecular weight excluding hydrogens is 418 g/mol. The van der Waals surface area contributed by atoms with E-state index in [2.05, 4.69) is 15.1 Å². The van der Waals surface area contributed by atoms with Crippen molar-refractivity contribution in [3.05, 3.63) is 66.5 Å². The number of hydrogen-bond acceptors (Lipinski definition) is 7. The first kappa shape index (κ1) is 19.2. The van der Waals surface area contributed by atoms with E-state index in [1.807, 2.05) is 36.5 Å². The van der Waals surface area contributed by atoms with Crippen LogP contribution in [0.4, 0.5) is 11.5 Å². The molecule has 158 valence electrons. The molecule has 0 radical (unpaired) electrons. The predicted molar refractivity (Wildman–Crippen MR) is 117 cm³/mol. The molecule has 0 amide bonds. The van der Waals surface area contributed by atoms with Crippen LogP contribution < -0.4 is 19.5 Å². The van der Waals surface area contributed by atoms with Gasteiger partial charge in [0, 0.05) is 24.0 Å². The molecule has 0 bridgehead atoms. The van der Waals surface area contributed by atoms with Crippen LogP contribution in [0, 0.1) is 0 Å². The molecule has 1 aliphatic rings. The fourth-order valence-corrected chi connectivity index (χ4v) is 3.93. The SMILES string of the molecule is CS(=O)(=O)Nc1cccc(-c2cnn3ccc(NCc4ccc5c(c4)OCO5)nc23)c1. The fraction of sp³-hybridized carbons (Fsp3) is 0.143. The van der Waals surface area contributed by atoms with Gasteiger partial charge in [0.1, 0.15) is 5.82 Å². The summed E-state index contributed by atoms with van der Waals surface area (Å²) in [6, 6.07) is 14.8. The molecule has 3 heterocycles. The van der Waals surface area contributed by atoms with Crippen LogP contribution in [-0.4, -0.2) is 36.1 Å². The molecule has 2 aromatic heterocycles. The highest BCUT2D eigenvalue weighted by Crippen LogP contribution is 2.32. The molecule has 0 spiro atoms. The van der Waals surface area contributed by atoms with Gasteiger partial charge >= 0.3 is 0 Å². The Bertz CT molecular complexity index is 1380. The van der Waals surface area contributed by atoms with Gasteiger partial charge in [0.05, 0.1) is 12.5 Å². The van der Waals surface area contributed by atoms with Gasteiger partial charge < -0.3 is 14.8 Å². The third-order valence-corrected chi connectivity index (χ3v) is 5.36. The number of benzene rings is 2. The minimum absolute atomic E-state index is 0.245. The summed E-state index contributed by atoms with van der Waals surface area (Å²) in [5, 5.41) is 7.67. The van der Waals surface area contributed by atoms with Gasteiger partial charge in [0.2, 0.25) is 16.8 Å². The Hall–Kier alpha value is -3.79. The summed E-state index contributed by atoms with van der Waals surface area (Å²) in [7, 11) is -3.36. The number of anilines is 2. The lowest BCUT2D eigenvalue weighted by Gasteiger charge is -2.08. The van der Waals surface area contributed by atoms with E-state index in [4.69, 9.17) is 14.5 Å². The van der Waals surface area contributed by atoms with E-state index >= 15 is 0 Å². The maximum absolute atomic E-state index is 11.5. The minimum Gasteiger partial charge on any atom is -0.454 e. The first-order valence-corrected chi connectivity index (χ1v) is 11.4. The Morgan fingerprint density at radius 3 is 2.84 bits per heavy atom. The fourth-order valence-electron chi connectivity index (χ4n) is 3.38. The third-order valence-electron chi connectivity index (χ3n) is 4.76. The summed E-state index contributed by atoms with van der Waals surface area (Å²) >= 11 is 0. The smallest absolute Gasteiger partial charge is 0.231 e. The molecule has 1 aliphatic heterocycles. The largest absolute Gasteiger partial charge is 0.454 e. The van der Waals surface area contributed by atoms with Crippen LogP contribution in [-0.2, 0) is 16.6 Å². The second-order valence-electron chi connectivity index (χ2n) is 7.14. The number of nitrogens with one attached hydrogen (secondary N) is 2. The van der Waals surface area contributed by atoms with E-state index in [1.165, 1.54) is 0 Å².